The maximum atomic E-state index is 11.9. The average Bonchev–Trinajstić information content (AvgIpc) is 2.81. The Morgan fingerprint density at radius 2 is 2.06 bits per heavy atom. The molecule has 0 unspecified atom stereocenters. The molecule has 2 aliphatic heterocycles. The molecule has 2 aromatic rings. The van der Waals surface area contributed by atoms with Gasteiger partial charge in [0.05, 0.1) is 30.0 Å². The zero-order valence-electron chi connectivity index (χ0n) is 19.2. The Morgan fingerprint density at radius 3 is 2.73 bits per heavy atom. The number of carboxylic acid groups (broad SMARTS) is 1. The second-order valence-corrected chi connectivity index (χ2v) is 8.43. The van der Waals surface area contributed by atoms with Gasteiger partial charge in [-0.25, -0.2) is 4.79 Å². The molecule has 0 radical (unpaired) electrons. The van der Waals surface area contributed by atoms with E-state index in [4.69, 9.17) is 14.2 Å². The predicted molar refractivity (Wildman–Crippen MR) is 123 cm³/mol. The van der Waals surface area contributed by atoms with E-state index in [0.717, 1.165) is 36.1 Å². The Bertz CT molecular complexity index is 1040. The van der Waals surface area contributed by atoms with Crippen molar-refractivity contribution in [3.8, 4) is 11.5 Å². The Hall–Kier alpha value is -3.10. The van der Waals surface area contributed by atoms with Crippen LogP contribution in [0.25, 0.3) is 0 Å². The quantitative estimate of drug-likeness (QED) is 0.657. The number of carboxylic acids is 1. The van der Waals surface area contributed by atoms with Crippen molar-refractivity contribution >= 4 is 17.6 Å². The van der Waals surface area contributed by atoms with Gasteiger partial charge in [-0.15, -0.1) is 0 Å². The number of amides is 1. The molecule has 0 aliphatic carbocycles. The number of carbonyl (C=O) groups is 2. The molecule has 4 rings (SSSR count). The minimum absolute atomic E-state index is 0.0287. The van der Waals surface area contributed by atoms with Gasteiger partial charge in [0.2, 0.25) is 0 Å². The number of likely N-dealkylation sites (tertiary alicyclic amines) is 1. The van der Waals surface area contributed by atoms with E-state index in [9.17, 15) is 14.7 Å². The Labute approximate surface area is 193 Å². The second kappa shape index (κ2) is 9.80. The fourth-order valence-electron chi connectivity index (χ4n) is 4.71. The molecule has 33 heavy (non-hydrogen) atoms. The summed E-state index contributed by atoms with van der Waals surface area (Å²) < 4.78 is 17.5. The van der Waals surface area contributed by atoms with E-state index in [1.807, 2.05) is 32.0 Å². The van der Waals surface area contributed by atoms with Crippen LogP contribution < -0.4 is 14.8 Å². The van der Waals surface area contributed by atoms with Gasteiger partial charge in [0.1, 0.15) is 5.75 Å². The highest BCUT2D eigenvalue weighted by Crippen LogP contribution is 2.43. The third-order valence-electron chi connectivity index (χ3n) is 6.34. The van der Waals surface area contributed by atoms with Gasteiger partial charge in [0.25, 0.3) is 5.91 Å². The Morgan fingerprint density at radius 1 is 1.30 bits per heavy atom. The van der Waals surface area contributed by atoms with Gasteiger partial charge in [-0.3, -0.25) is 9.69 Å². The largest absolute Gasteiger partial charge is 0.496 e. The number of hydrogen-bond acceptors (Lipinski definition) is 6. The lowest BCUT2D eigenvalue weighted by molar-refractivity contribution is -0.118. The molecule has 1 saturated heterocycles. The molecule has 0 saturated carbocycles. The number of nitrogens with zero attached hydrogens (tertiary/aromatic N) is 1. The van der Waals surface area contributed by atoms with E-state index < -0.39 is 5.97 Å². The highest BCUT2D eigenvalue weighted by Gasteiger charge is 2.33. The van der Waals surface area contributed by atoms with Crippen molar-refractivity contribution in [1.82, 2.24) is 4.90 Å². The number of aryl methyl sites for hydroxylation is 1. The van der Waals surface area contributed by atoms with Crippen molar-refractivity contribution < 1.29 is 28.9 Å². The molecule has 176 valence electrons. The summed E-state index contributed by atoms with van der Waals surface area (Å²) in [7, 11) is 1.63. The molecule has 2 N–H and O–H groups in total. The molecule has 8 nitrogen and oxygen atoms in total. The lowest BCUT2D eigenvalue weighted by Gasteiger charge is -2.40. The van der Waals surface area contributed by atoms with Gasteiger partial charge in [-0.2, -0.15) is 0 Å². The molecular formula is C25H30N2O6. The number of piperidine rings is 1. The molecule has 8 heteroatoms. The minimum atomic E-state index is -0.940. The van der Waals surface area contributed by atoms with Crippen LogP contribution in [0.1, 0.15) is 52.9 Å². The number of aromatic carboxylic acids is 1. The molecule has 0 aromatic heterocycles. The number of hydrogen-bond donors (Lipinski definition) is 2. The zero-order valence-corrected chi connectivity index (χ0v) is 19.2. The SMILES string of the molecule is CCO[C@H]1CCN(Cc2c(OC)cc(C)c3c2OCC(=O)N3)[C@H](c2ccc(C(=O)O)cc2)C1. The van der Waals surface area contributed by atoms with E-state index in [1.165, 1.54) is 0 Å². The van der Waals surface area contributed by atoms with Crippen LogP contribution in [0, 0.1) is 6.92 Å². The first-order valence-electron chi connectivity index (χ1n) is 11.2. The second-order valence-electron chi connectivity index (χ2n) is 8.43. The third kappa shape index (κ3) is 4.82. The highest BCUT2D eigenvalue weighted by atomic mass is 16.5. The van der Waals surface area contributed by atoms with E-state index in [0.29, 0.717) is 30.3 Å². The first kappa shape index (κ1) is 23.1. The molecule has 0 spiro atoms. The number of rotatable bonds is 7. The third-order valence-corrected chi connectivity index (χ3v) is 6.34. The fourth-order valence-corrected chi connectivity index (χ4v) is 4.71. The summed E-state index contributed by atoms with van der Waals surface area (Å²) in [6, 6.07) is 9.02. The fraction of sp³-hybridized carbons (Fsp3) is 0.440. The van der Waals surface area contributed by atoms with Crippen LogP contribution in [0.3, 0.4) is 0 Å². The molecule has 2 atom stereocenters. The summed E-state index contributed by atoms with van der Waals surface area (Å²) in [5.74, 6) is 0.257. The number of anilines is 1. The van der Waals surface area contributed by atoms with Gasteiger partial charge in [0, 0.05) is 25.7 Å². The number of nitrogens with one attached hydrogen (secondary N) is 1. The monoisotopic (exact) mass is 454 g/mol. The number of methoxy groups -OCH3 is 1. The molecule has 1 amide bonds. The lowest BCUT2D eigenvalue weighted by Crippen LogP contribution is -2.39. The van der Waals surface area contributed by atoms with Crippen LogP contribution in [0.4, 0.5) is 5.69 Å². The average molecular weight is 455 g/mol. The normalized spacial score (nSPS) is 20.5. The first-order chi connectivity index (χ1) is 15.9. The van der Waals surface area contributed by atoms with Gasteiger partial charge >= 0.3 is 5.97 Å². The van der Waals surface area contributed by atoms with Crippen molar-refractivity contribution in [2.45, 2.75) is 45.4 Å². The summed E-state index contributed by atoms with van der Waals surface area (Å²) in [4.78, 5) is 25.6. The van der Waals surface area contributed by atoms with Crippen molar-refractivity contribution in [2.75, 3.05) is 32.2 Å². The summed E-state index contributed by atoms with van der Waals surface area (Å²) in [5, 5.41) is 12.2. The summed E-state index contributed by atoms with van der Waals surface area (Å²) in [5.41, 5.74) is 3.77. The number of carbonyl (C=O) groups excluding carboxylic acids is 1. The maximum Gasteiger partial charge on any atom is 0.335 e. The van der Waals surface area contributed by atoms with E-state index in [-0.39, 0.29) is 30.2 Å². The van der Waals surface area contributed by atoms with E-state index in [1.54, 1.807) is 19.2 Å². The molecule has 0 bridgehead atoms. The van der Waals surface area contributed by atoms with Gasteiger partial charge in [0.15, 0.2) is 12.4 Å². The smallest absolute Gasteiger partial charge is 0.335 e. The summed E-state index contributed by atoms with van der Waals surface area (Å²) in [6.07, 6.45) is 1.83. The number of benzene rings is 2. The summed E-state index contributed by atoms with van der Waals surface area (Å²) >= 11 is 0. The Kier molecular flexibility index (Phi) is 6.85. The zero-order chi connectivity index (χ0) is 23.5. The topological polar surface area (TPSA) is 97.3 Å². The lowest BCUT2D eigenvalue weighted by atomic mass is 9.91. The van der Waals surface area contributed by atoms with Gasteiger partial charge in [-0.1, -0.05) is 12.1 Å². The van der Waals surface area contributed by atoms with Crippen LogP contribution in [0.5, 0.6) is 11.5 Å². The molecule has 2 heterocycles. The Balaban J connectivity index is 1.68. The molecule has 2 aromatic carbocycles. The van der Waals surface area contributed by atoms with Gasteiger partial charge in [-0.05, 0) is 56.0 Å². The highest BCUT2D eigenvalue weighted by molar-refractivity contribution is 5.97. The van der Waals surface area contributed by atoms with E-state index in [2.05, 4.69) is 10.2 Å². The van der Waals surface area contributed by atoms with Crippen molar-refractivity contribution in [3.05, 3.63) is 52.6 Å². The van der Waals surface area contributed by atoms with Crippen LogP contribution in [-0.2, 0) is 16.1 Å². The van der Waals surface area contributed by atoms with Crippen LogP contribution >= 0.6 is 0 Å². The molecule has 1 fully saturated rings. The van der Waals surface area contributed by atoms with Crippen LogP contribution in [-0.4, -0.2) is 54.9 Å². The standard InChI is InChI=1S/C25H30N2O6/c1-4-32-18-9-10-27(20(12-18)16-5-7-17(8-6-16)25(29)30)13-19-21(31-3)11-15(2)23-24(19)33-14-22(28)26-23/h5-8,11,18,20H,4,9-10,12-14H2,1-3H3,(H,26,28)(H,29,30)/t18-,20-/m0/s1. The van der Waals surface area contributed by atoms with Gasteiger partial charge < -0.3 is 24.6 Å². The number of ether oxygens (including phenoxy) is 3. The van der Waals surface area contributed by atoms with Crippen LogP contribution in [0.2, 0.25) is 0 Å². The van der Waals surface area contributed by atoms with Crippen molar-refractivity contribution in [1.29, 1.82) is 0 Å². The molecule has 2 aliphatic rings. The van der Waals surface area contributed by atoms with E-state index >= 15 is 0 Å². The summed E-state index contributed by atoms with van der Waals surface area (Å²) in [6.45, 7) is 5.90. The predicted octanol–water partition coefficient (Wildman–Crippen LogP) is 3.77. The van der Waals surface area contributed by atoms with Crippen molar-refractivity contribution in [3.63, 3.8) is 0 Å². The first-order valence-corrected chi connectivity index (χ1v) is 11.2. The molecular weight excluding hydrogens is 424 g/mol. The maximum absolute atomic E-state index is 11.9. The van der Waals surface area contributed by atoms with Crippen molar-refractivity contribution in [2.24, 2.45) is 0 Å². The number of fused-ring (bicyclic) bond motifs is 1. The minimum Gasteiger partial charge on any atom is -0.496 e. The van der Waals surface area contributed by atoms with Crippen LogP contribution in [0.15, 0.2) is 30.3 Å².